The van der Waals surface area contributed by atoms with Crippen LogP contribution in [0.2, 0.25) is 0 Å². The van der Waals surface area contributed by atoms with E-state index in [0.29, 0.717) is 6.79 Å². The molecule has 0 fully saturated rings. The van der Waals surface area contributed by atoms with E-state index in [0.717, 1.165) is 37.7 Å². The average Bonchev–Trinajstić information content (AvgIpc) is 2.76. The van der Waals surface area contributed by atoms with Gasteiger partial charge in [0.25, 0.3) is 0 Å². The summed E-state index contributed by atoms with van der Waals surface area (Å²) in [4.78, 5) is 2.29. The fourth-order valence-corrected chi connectivity index (χ4v) is 1.88. The zero-order valence-corrected chi connectivity index (χ0v) is 10.5. The molecule has 1 aromatic rings. The Morgan fingerprint density at radius 1 is 1.29 bits per heavy atom. The standard InChI is InChI=1S/C13H20N2O2/c1-3-14-6-7-15(2)9-11-4-5-12-13(8-11)17-10-16-12/h4-5,8,14H,3,6-7,9-10H2,1-2H3. The molecule has 17 heavy (non-hydrogen) atoms. The Kier molecular flexibility index (Phi) is 4.23. The first-order valence-corrected chi connectivity index (χ1v) is 6.07. The second-order valence-corrected chi connectivity index (χ2v) is 4.28. The molecule has 94 valence electrons. The Bertz CT molecular complexity index is 368. The number of rotatable bonds is 6. The van der Waals surface area contributed by atoms with Crippen molar-refractivity contribution in [2.75, 3.05) is 33.5 Å². The van der Waals surface area contributed by atoms with Crippen LogP contribution in [0, 0.1) is 0 Å². The van der Waals surface area contributed by atoms with Crippen LogP contribution < -0.4 is 14.8 Å². The molecular formula is C13H20N2O2. The molecule has 2 rings (SSSR count). The number of nitrogens with one attached hydrogen (secondary N) is 1. The van der Waals surface area contributed by atoms with Crippen LogP contribution in [0.1, 0.15) is 12.5 Å². The second kappa shape index (κ2) is 5.89. The van der Waals surface area contributed by atoms with Crippen LogP contribution in [0.5, 0.6) is 11.5 Å². The normalized spacial score (nSPS) is 13.4. The predicted molar refractivity (Wildman–Crippen MR) is 67.4 cm³/mol. The van der Waals surface area contributed by atoms with Crippen LogP contribution >= 0.6 is 0 Å². The van der Waals surface area contributed by atoms with Gasteiger partial charge < -0.3 is 19.7 Å². The van der Waals surface area contributed by atoms with Crippen molar-refractivity contribution in [3.63, 3.8) is 0 Å². The summed E-state index contributed by atoms with van der Waals surface area (Å²) in [5.41, 5.74) is 1.26. The van der Waals surface area contributed by atoms with Gasteiger partial charge >= 0.3 is 0 Å². The van der Waals surface area contributed by atoms with Gasteiger partial charge in [0, 0.05) is 19.6 Å². The van der Waals surface area contributed by atoms with Gasteiger partial charge in [0.15, 0.2) is 11.5 Å². The van der Waals surface area contributed by atoms with E-state index >= 15 is 0 Å². The Hall–Kier alpha value is -1.26. The summed E-state index contributed by atoms with van der Waals surface area (Å²) in [6.07, 6.45) is 0. The summed E-state index contributed by atoms with van der Waals surface area (Å²) < 4.78 is 10.7. The number of nitrogens with zero attached hydrogens (tertiary/aromatic N) is 1. The van der Waals surface area contributed by atoms with Crippen molar-refractivity contribution in [2.24, 2.45) is 0 Å². The molecular weight excluding hydrogens is 216 g/mol. The summed E-state index contributed by atoms with van der Waals surface area (Å²) in [6.45, 7) is 6.49. The first-order valence-electron chi connectivity index (χ1n) is 6.07. The summed E-state index contributed by atoms with van der Waals surface area (Å²) in [6, 6.07) is 6.14. The average molecular weight is 236 g/mol. The molecule has 0 spiro atoms. The molecule has 0 amide bonds. The lowest BCUT2D eigenvalue weighted by atomic mass is 10.2. The van der Waals surface area contributed by atoms with Gasteiger partial charge in [0.05, 0.1) is 0 Å². The minimum atomic E-state index is 0.342. The maximum atomic E-state index is 5.37. The van der Waals surface area contributed by atoms with Gasteiger partial charge in [-0.05, 0) is 31.3 Å². The minimum absolute atomic E-state index is 0.342. The van der Waals surface area contributed by atoms with Crippen molar-refractivity contribution in [3.8, 4) is 11.5 Å². The number of fused-ring (bicyclic) bond motifs is 1. The molecule has 0 saturated heterocycles. The molecule has 4 nitrogen and oxygen atoms in total. The van der Waals surface area contributed by atoms with Gasteiger partial charge in [-0.25, -0.2) is 0 Å². The summed E-state index contributed by atoms with van der Waals surface area (Å²) in [5.74, 6) is 1.71. The van der Waals surface area contributed by atoms with E-state index in [1.165, 1.54) is 5.56 Å². The van der Waals surface area contributed by atoms with E-state index in [9.17, 15) is 0 Å². The smallest absolute Gasteiger partial charge is 0.231 e. The SMILES string of the molecule is CCNCCN(C)Cc1ccc2c(c1)OCO2. The molecule has 4 heteroatoms. The monoisotopic (exact) mass is 236 g/mol. The highest BCUT2D eigenvalue weighted by Gasteiger charge is 2.13. The number of likely N-dealkylation sites (N-methyl/N-ethyl adjacent to an activating group) is 2. The lowest BCUT2D eigenvalue weighted by Gasteiger charge is -2.16. The molecule has 0 atom stereocenters. The number of hydrogen-bond donors (Lipinski definition) is 1. The third-order valence-electron chi connectivity index (χ3n) is 2.81. The molecule has 1 heterocycles. The van der Waals surface area contributed by atoms with Crippen molar-refractivity contribution in [2.45, 2.75) is 13.5 Å². The van der Waals surface area contributed by atoms with Crippen LogP contribution in [0.4, 0.5) is 0 Å². The Balaban J connectivity index is 1.86. The first kappa shape index (κ1) is 12.2. The van der Waals surface area contributed by atoms with E-state index in [2.05, 4.69) is 36.3 Å². The van der Waals surface area contributed by atoms with E-state index in [1.807, 2.05) is 6.07 Å². The third-order valence-corrected chi connectivity index (χ3v) is 2.81. The lowest BCUT2D eigenvalue weighted by Crippen LogP contribution is -2.28. The van der Waals surface area contributed by atoms with Crippen molar-refractivity contribution in [1.29, 1.82) is 0 Å². The van der Waals surface area contributed by atoms with E-state index < -0.39 is 0 Å². The Labute approximate surface area is 103 Å². The van der Waals surface area contributed by atoms with Crippen LogP contribution in [0.3, 0.4) is 0 Å². The molecule has 1 aliphatic rings. The summed E-state index contributed by atoms with van der Waals surface area (Å²) in [5, 5.41) is 3.32. The largest absolute Gasteiger partial charge is 0.454 e. The molecule has 0 saturated carbocycles. The Morgan fingerprint density at radius 2 is 2.12 bits per heavy atom. The van der Waals surface area contributed by atoms with Crippen LogP contribution in [-0.4, -0.2) is 38.4 Å². The van der Waals surface area contributed by atoms with Crippen molar-refractivity contribution < 1.29 is 9.47 Å². The molecule has 0 unspecified atom stereocenters. The van der Waals surface area contributed by atoms with Gasteiger partial charge in [-0.1, -0.05) is 13.0 Å². The maximum Gasteiger partial charge on any atom is 0.231 e. The summed E-state index contributed by atoms with van der Waals surface area (Å²) in [7, 11) is 2.13. The van der Waals surface area contributed by atoms with Crippen molar-refractivity contribution in [3.05, 3.63) is 23.8 Å². The molecule has 1 N–H and O–H groups in total. The number of ether oxygens (including phenoxy) is 2. The van der Waals surface area contributed by atoms with Gasteiger partial charge in [-0.3, -0.25) is 0 Å². The van der Waals surface area contributed by atoms with Crippen molar-refractivity contribution >= 4 is 0 Å². The highest BCUT2D eigenvalue weighted by atomic mass is 16.7. The fourth-order valence-electron chi connectivity index (χ4n) is 1.88. The zero-order valence-electron chi connectivity index (χ0n) is 10.5. The topological polar surface area (TPSA) is 33.7 Å². The number of hydrogen-bond acceptors (Lipinski definition) is 4. The van der Waals surface area contributed by atoms with Gasteiger partial charge in [-0.15, -0.1) is 0 Å². The van der Waals surface area contributed by atoms with Gasteiger partial charge in [-0.2, -0.15) is 0 Å². The van der Waals surface area contributed by atoms with E-state index in [-0.39, 0.29) is 0 Å². The van der Waals surface area contributed by atoms with Gasteiger partial charge in [0.1, 0.15) is 0 Å². The maximum absolute atomic E-state index is 5.37. The fraction of sp³-hybridized carbons (Fsp3) is 0.538. The number of benzene rings is 1. The van der Waals surface area contributed by atoms with E-state index in [4.69, 9.17) is 9.47 Å². The highest BCUT2D eigenvalue weighted by Crippen LogP contribution is 2.32. The highest BCUT2D eigenvalue weighted by molar-refractivity contribution is 5.44. The molecule has 1 aliphatic heterocycles. The summed E-state index contributed by atoms with van der Waals surface area (Å²) >= 11 is 0. The van der Waals surface area contributed by atoms with Crippen molar-refractivity contribution in [1.82, 2.24) is 10.2 Å². The predicted octanol–water partition coefficient (Wildman–Crippen LogP) is 1.46. The molecule has 0 radical (unpaired) electrons. The molecule has 0 aliphatic carbocycles. The van der Waals surface area contributed by atoms with E-state index in [1.54, 1.807) is 0 Å². The third kappa shape index (κ3) is 3.35. The Morgan fingerprint density at radius 3 is 2.94 bits per heavy atom. The first-order chi connectivity index (χ1) is 8.29. The quantitative estimate of drug-likeness (QED) is 0.758. The molecule has 1 aromatic carbocycles. The molecule has 0 aromatic heterocycles. The lowest BCUT2D eigenvalue weighted by molar-refractivity contribution is 0.174. The zero-order chi connectivity index (χ0) is 12.1. The molecule has 0 bridgehead atoms. The van der Waals surface area contributed by atoms with Crippen LogP contribution in [-0.2, 0) is 6.54 Å². The minimum Gasteiger partial charge on any atom is -0.454 e. The second-order valence-electron chi connectivity index (χ2n) is 4.28. The van der Waals surface area contributed by atoms with Crippen LogP contribution in [0.15, 0.2) is 18.2 Å². The van der Waals surface area contributed by atoms with Crippen LogP contribution in [0.25, 0.3) is 0 Å². The van der Waals surface area contributed by atoms with Gasteiger partial charge in [0.2, 0.25) is 6.79 Å².